The van der Waals surface area contributed by atoms with Crippen LogP contribution in [0.25, 0.3) is 91.1 Å². The summed E-state index contributed by atoms with van der Waals surface area (Å²) in [5.74, 6) is 0. The second-order valence-corrected chi connectivity index (χ2v) is 12.4. The van der Waals surface area contributed by atoms with Crippen LogP contribution in [0, 0.1) is 0 Å². The largest absolute Gasteiger partial charge is 0.309 e. The van der Waals surface area contributed by atoms with E-state index in [1.165, 1.54) is 91.1 Å². The summed E-state index contributed by atoms with van der Waals surface area (Å²) in [4.78, 5) is 0. The lowest BCUT2D eigenvalue weighted by Gasteiger charge is -2.15. The molecule has 0 N–H and O–H groups in total. The summed E-state index contributed by atoms with van der Waals surface area (Å²) in [6.07, 6.45) is 0. The van der Waals surface area contributed by atoms with Gasteiger partial charge in [-0.25, -0.2) is 0 Å². The molecule has 0 saturated carbocycles. The molecule has 0 bridgehead atoms. The van der Waals surface area contributed by atoms with Gasteiger partial charge in [-0.15, -0.1) is 11.3 Å². The van der Waals surface area contributed by atoms with Crippen LogP contribution in [0.15, 0.2) is 140 Å². The lowest BCUT2D eigenvalue weighted by molar-refractivity contribution is 1.19. The fraction of sp³-hybridized carbons (Fsp3) is 0. The van der Waals surface area contributed by atoms with Crippen LogP contribution >= 0.6 is 11.3 Å². The highest BCUT2D eigenvalue weighted by Gasteiger charge is 2.19. The van der Waals surface area contributed by atoms with Crippen LogP contribution in [-0.4, -0.2) is 4.57 Å². The van der Waals surface area contributed by atoms with Crippen LogP contribution in [0.1, 0.15) is 0 Å². The second kappa shape index (κ2) is 8.19. The zero-order chi connectivity index (χ0) is 27.4. The maximum absolute atomic E-state index is 2.49. The van der Waals surface area contributed by atoms with Crippen molar-refractivity contribution in [2.24, 2.45) is 0 Å². The Morgan fingerprint density at radius 1 is 0.429 bits per heavy atom. The molecule has 1 nitrogen and oxygen atoms in total. The molecule has 0 aliphatic heterocycles. The Morgan fingerprint density at radius 2 is 1.14 bits per heavy atom. The van der Waals surface area contributed by atoms with Crippen LogP contribution in [0.2, 0.25) is 0 Å². The maximum atomic E-state index is 2.49. The Labute approximate surface area is 245 Å². The third-order valence-corrected chi connectivity index (χ3v) is 10.3. The standard InChI is InChI=1S/C40H23NS/c1-3-13-34-30(11-1)32-21-22-36-39(33-12-2-4-14-35(33)42-36)40(32)41(34)28-10-6-9-27(23-28)29-19-17-26-16-15-24-7-5-8-25-18-20-31(29)38(26)37(24)25/h1-23H. The van der Waals surface area contributed by atoms with E-state index in [1.807, 2.05) is 11.3 Å². The molecule has 0 saturated heterocycles. The van der Waals surface area contributed by atoms with Gasteiger partial charge in [-0.2, -0.15) is 0 Å². The molecule has 0 spiro atoms. The Hall–Kier alpha value is -5.18. The number of aromatic nitrogens is 1. The van der Waals surface area contributed by atoms with Crippen molar-refractivity contribution in [3.8, 4) is 16.8 Å². The van der Waals surface area contributed by atoms with Crippen LogP contribution in [0.4, 0.5) is 0 Å². The van der Waals surface area contributed by atoms with E-state index in [4.69, 9.17) is 0 Å². The molecule has 0 fully saturated rings. The van der Waals surface area contributed by atoms with Gasteiger partial charge in [0.25, 0.3) is 0 Å². The molecule has 0 amide bonds. The number of rotatable bonds is 2. The maximum Gasteiger partial charge on any atom is 0.0634 e. The fourth-order valence-electron chi connectivity index (χ4n) is 7.33. The molecule has 10 aromatic rings. The van der Waals surface area contributed by atoms with Crippen molar-refractivity contribution in [1.29, 1.82) is 0 Å². The van der Waals surface area contributed by atoms with Crippen LogP contribution in [0.3, 0.4) is 0 Å². The van der Waals surface area contributed by atoms with Gasteiger partial charge in [0, 0.05) is 36.6 Å². The topological polar surface area (TPSA) is 4.93 Å². The summed E-state index contributed by atoms with van der Waals surface area (Å²) in [7, 11) is 0. The number of hydrogen-bond acceptors (Lipinski definition) is 1. The van der Waals surface area contributed by atoms with Crippen molar-refractivity contribution in [1.82, 2.24) is 4.57 Å². The summed E-state index contributed by atoms with van der Waals surface area (Å²) >= 11 is 1.88. The van der Waals surface area contributed by atoms with Crippen LogP contribution in [-0.2, 0) is 0 Å². The normalized spacial score (nSPS) is 12.3. The van der Waals surface area contributed by atoms with Gasteiger partial charge >= 0.3 is 0 Å². The van der Waals surface area contributed by atoms with E-state index in [9.17, 15) is 0 Å². The van der Waals surface area contributed by atoms with Crippen molar-refractivity contribution in [3.63, 3.8) is 0 Å². The molecular weight excluding hydrogens is 527 g/mol. The van der Waals surface area contributed by atoms with Crippen molar-refractivity contribution in [2.45, 2.75) is 0 Å². The van der Waals surface area contributed by atoms with E-state index in [0.29, 0.717) is 0 Å². The quantitative estimate of drug-likeness (QED) is 0.189. The van der Waals surface area contributed by atoms with Crippen molar-refractivity contribution in [3.05, 3.63) is 140 Å². The second-order valence-electron chi connectivity index (χ2n) is 11.3. The van der Waals surface area contributed by atoms with Gasteiger partial charge in [0.05, 0.1) is 11.0 Å². The van der Waals surface area contributed by atoms with E-state index in [1.54, 1.807) is 0 Å². The molecule has 0 unspecified atom stereocenters. The van der Waals surface area contributed by atoms with E-state index in [0.717, 1.165) is 0 Å². The highest BCUT2D eigenvalue weighted by Crippen LogP contribution is 2.44. The van der Waals surface area contributed by atoms with E-state index in [-0.39, 0.29) is 0 Å². The smallest absolute Gasteiger partial charge is 0.0634 e. The Balaban J connectivity index is 1.30. The zero-order valence-corrected chi connectivity index (χ0v) is 23.5. The molecule has 0 aliphatic carbocycles. The summed E-state index contributed by atoms with van der Waals surface area (Å²) in [5, 5.41) is 13.2. The summed E-state index contributed by atoms with van der Waals surface area (Å²) in [6.45, 7) is 0. The lowest BCUT2D eigenvalue weighted by atomic mass is 9.90. The average molecular weight is 550 g/mol. The van der Waals surface area contributed by atoms with Gasteiger partial charge in [0.2, 0.25) is 0 Å². The molecule has 10 rings (SSSR count). The highest BCUT2D eigenvalue weighted by atomic mass is 32.1. The predicted octanol–water partition coefficient (Wildman–Crippen LogP) is 11.7. The highest BCUT2D eigenvalue weighted by molar-refractivity contribution is 7.26. The number of fused-ring (bicyclic) bond motifs is 7. The first-order chi connectivity index (χ1) is 20.8. The molecular formula is C40H23NS. The molecule has 2 heterocycles. The minimum Gasteiger partial charge on any atom is -0.309 e. The van der Waals surface area contributed by atoms with Gasteiger partial charge in [-0.1, -0.05) is 109 Å². The third-order valence-electron chi connectivity index (χ3n) is 9.12. The minimum absolute atomic E-state index is 1.19. The van der Waals surface area contributed by atoms with Crippen LogP contribution in [0.5, 0.6) is 0 Å². The summed E-state index contributed by atoms with van der Waals surface area (Å²) < 4.78 is 5.15. The molecule has 0 aliphatic rings. The van der Waals surface area contributed by atoms with Gasteiger partial charge in [0.1, 0.15) is 0 Å². The van der Waals surface area contributed by atoms with Crippen molar-refractivity contribution in [2.75, 3.05) is 0 Å². The summed E-state index contributed by atoms with van der Waals surface area (Å²) in [5.41, 5.74) is 6.22. The zero-order valence-electron chi connectivity index (χ0n) is 22.6. The Kier molecular flexibility index (Phi) is 4.39. The summed E-state index contributed by atoms with van der Waals surface area (Å²) in [6, 6.07) is 51.7. The molecule has 42 heavy (non-hydrogen) atoms. The van der Waals surface area contributed by atoms with Crippen molar-refractivity contribution < 1.29 is 0 Å². The number of benzene rings is 8. The molecule has 2 aromatic heterocycles. The molecule has 0 radical (unpaired) electrons. The fourth-order valence-corrected chi connectivity index (χ4v) is 8.44. The number of para-hydroxylation sites is 1. The van der Waals surface area contributed by atoms with Crippen LogP contribution < -0.4 is 0 Å². The number of thiophene rings is 1. The number of hydrogen-bond donors (Lipinski definition) is 0. The molecule has 194 valence electrons. The number of nitrogens with zero attached hydrogens (tertiary/aromatic N) is 1. The third kappa shape index (κ3) is 2.92. The Morgan fingerprint density at radius 3 is 2.05 bits per heavy atom. The SMILES string of the molecule is c1cc(-c2ccc3ccc4cccc5ccc2c3c45)cc(-n2c3ccccc3c3ccc4sc5ccccc5c4c32)c1. The molecule has 0 atom stereocenters. The van der Waals surface area contributed by atoms with Gasteiger partial charge in [-0.3, -0.25) is 0 Å². The van der Waals surface area contributed by atoms with E-state index >= 15 is 0 Å². The van der Waals surface area contributed by atoms with E-state index < -0.39 is 0 Å². The first kappa shape index (κ1) is 22.5. The first-order valence-corrected chi connectivity index (χ1v) is 15.3. The lowest BCUT2D eigenvalue weighted by Crippen LogP contribution is -1.95. The molecule has 8 aromatic carbocycles. The average Bonchev–Trinajstić information content (AvgIpc) is 3.59. The minimum atomic E-state index is 1.19. The molecule has 2 heteroatoms. The van der Waals surface area contributed by atoms with Gasteiger partial charge < -0.3 is 4.57 Å². The van der Waals surface area contributed by atoms with Gasteiger partial charge in [0.15, 0.2) is 0 Å². The Bertz CT molecular complexity index is 2670. The van der Waals surface area contributed by atoms with Crippen molar-refractivity contribution >= 4 is 85.6 Å². The first-order valence-electron chi connectivity index (χ1n) is 14.4. The van der Waals surface area contributed by atoms with Gasteiger partial charge in [-0.05, 0) is 73.8 Å². The van der Waals surface area contributed by atoms with E-state index in [2.05, 4.69) is 144 Å². The predicted molar refractivity (Wildman–Crippen MR) is 183 cm³/mol. The monoisotopic (exact) mass is 549 g/mol.